The van der Waals surface area contributed by atoms with Crippen LogP contribution in [-0.2, 0) is 14.3 Å². The Kier molecular flexibility index (Phi) is 9.11. The van der Waals surface area contributed by atoms with Crippen LogP contribution in [0.5, 0.6) is 0 Å². The molecule has 4 nitrogen and oxygen atoms in total. The molecule has 0 spiro atoms. The smallest absolute Gasteiger partial charge is 0.307 e. The van der Waals surface area contributed by atoms with Crippen molar-refractivity contribution >= 4 is 5.97 Å². The monoisotopic (exact) mass is 215 g/mol. The first-order chi connectivity index (χ1) is 7.16. The van der Waals surface area contributed by atoms with Gasteiger partial charge in [0.1, 0.15) is 6.61 Å². The van der Waals surface area contributed by atoms with Crippen LogP contribution < -0.4 is 5.32 Å². The van der Waals surface area contributed by atoms with E-state index in [-0.39, 0.29) is 5.97 Å². The van der Waals surface area contributed by atoms with Gasteiger partial charge in [0.05, 0.1) is 19.6 Å². The van der Waals surface area contributed by atoms with Crippen LogP contribution >= 0.6 is 0 Å². The van der Waals surface area contributed by atoms with E-state index in [1.807, 2.05) is 13.8 Å². The SMILES string of the molecule is C=C(C)COCCOC(=O)CCNCC. The molecule has 0 aromatic heterocycles. The van der Waals surface area contributed by atoms with Crippen molar-refractivity contribution in [2.75, 3.05) is 32.9 Å². The Labute approximate surface area is 91.6 Å². The summed E-state index contributed by atoms with van der Waals surface area (Å²) in [5, 5.41) is 3.05. The van der Waals surface area contributed by atoms with E-state index in [1.165, 1.54) is 0 Å². The molecule has 0 aliphatic heterocycles. The van der Waals surface area contributed by atoms with Gasteiger partial charge in [0, 0.05) is 6.54 Å². The lowest BCUT2D eigenvalue weighted by Crippen LogP contribution is -2.19. The molecule has 0 radical (unpaired) electrons. The average molecular weight is 215 g/mol. The highest BCUT2D eigenvalue weighted by atomic mass is 16.6. The van der Waals surface area contributed by atoms with Crippen molar-refractivity contribution in [1.82, 2.24) is 5.32 Å². The van der Waals surface area contributed by atoms with Gasteiger partial charge >= 0.3 is 5.97 Å². The summed E-state index contributed by atoms with van der Waals surface area (Å²) in [6.07, 6.45) is 0.411. The number of hydrogen-bond donors (Lipinski definition) is 1. The van der Waals surface area contributed by atoms with Crippen molar-refractivity contribution in [3.63, 3.8) is 0 Å². The molecule has 0 saturated carbocycles. The van der Waals surface area contributed by atoms with Crippen LogP contribution in [0.1, 0.15) is 20.3 Å². The summed E-state index contributed by atoms with van der Waals surface area (Å²) in [6, 6.07) is 0. The second-order valence-corrected chi connectivity index (χ2v) is 3.33. The van der Waals surface area contributed by atoms with Crippen molar-refractivity contribution < 1.29 is 14.3 Å². The number of carbonyl (C=O) groups excluding carboxylic acids is 1. The lowest BCUT2D eigenvalue weighted by atomic mass is 10.4. The normalized spacial score (nSPS) is 10.0. The van der Waals surface area contributed by atoms with E-state index in [0.29, 0.717) is 32.8 Å². The quantitative estimate of drug-likeness (QED) is 0.356. The summed E-state index contributed by atoms with van der Waals surface area (Å²) in [5.41, 5.74) is 0.966. The van der Waals surface area contributed by atoms with Crippen LogP contribution in [-0.4, -0.2) is 38.9 Å². The molecule has 0 saturated heterocycles. The second kappa shape index (κ2) is 9.68. The highest BCUT2D eigenvalue weighted by molar-refractivity contribution is 5.69. The van der Waals surface area contributed by atoms with Crippen LogP contribution in [0.2, 0.25) is 0 Å². The Morgan fingerprint density at radius 2 is 2.13 bits per heavy atom. The van der Waals surface area contributed by atoms with Gasteiger partial charge in [0.25, 0.3) is 0 Å². The van der Waals surface area contributed by atoms with Crippen LogP contribution in [0, 0.1) is 0 Å². The fourth-order valence-electron chi connectivity index (χ4n) is 0.900. The molecule has 0 rings (SSSR count). The molecule has 0 bridgehead atoms. The molecule has 0 aromatic carbocycles. The predicted octanol–water partition coefficient (Wildman–Crippen LogP) is 1.12. The summed E-state index contributed by atoms with van der Waals surface area (Å²) >= 11 is 0. The zero-order valence-electron chi connectivity index (χ0n) is 9.67. The average Bonchev–Trinajstić information content (AvgIpc) is 2.17. The molecule has 0 amide bonds. The summed E-state index contributed by atoms with van der Waals surface area (Å²) < 4.78 is 10.1. The molecule has 0 aromatic rings. The van der Waals surface area contributed by atoms with Gasteiger partial charge in [-0.3, -0.25) is 4.79 Å². The standard InChI is InChI=1S/C11H21NO3/c1-4-12-6-5-11(13)15-8-7-14-9-10(2)3/h12H,2,4-9H2,1,3H3. The van der Waals surface area contributed by atoms with E-state index < -0.39 is 0 Å². The number of esters is 1. The fraction of sp³-hybridized carbons (Fsp3) is 0.727. The van der Waals surface area contributed by atoms with E-state index in [2.05, 4.69) is 11.9 Å². The topological polar surface area (TPSA) is 47.6 Å². The van der Waals surface area contributed by atoms with Crippen molar-refractivity contribution in [1.29, 1.82) is 0 Å². The van der Waals surface area contributed by atoms with Gasteiger partial charge in [0.15, 0.2) is 0 Å². The van der Waals surface area contributed by atoms with E-state index in [9.17, 15) is 4.79 Å². The molecule has 0 unspecified atom stereocenters. The Morgan fingerprint density at radius 1 is 1.40 bits per heavy atom. The van der Waals surface area contributed by atoms with Gasteiger partial charge in [-0.05, 0) is 13.5 Å². The van der Waals surface area contributed by atoms with Crippen molar-refractivity contribution in [2.45, 2.75) is 20.3 Å². The first-order valence-electron chi connectivity index (χ1n) is 5.25. The number of hydrogen-bond acceptors (Lipinski definition) is 4. The summed E-state index contributed by atoms with van der Waals surface area (Å²) in [7, 11) is 0. The fourth-order valence-corrected chi connectivity index (χ4v) is 0.900. The molecular formula is C11H21NO3. The van der Waals surface area contributed by atoms with Crippen molar-refractivity contribution in [3.8, 4) is 0 Å². The number of carbonyl (C=O) groups is 1. The third kappa shape index (κ3) is 11.1. The number of nitrogens with one attached hydrogen (secondary N) is 1. The van der Waals surface area contributed by atoms with Crippen LogP contribution in [0.4, 0.5) is 0 Å². The van der Waals surface area contributed by atoms with Gasteiger partial charge in [-0.2, -0.15) is 0 Å². The molecule has 88 valence electrons. The third-order valence-corrected chi connectivity index (χ3v) is 1.60. The second-order valence-electron chi connectivity index (χ2n) is 3.33. The Hall–Kier alpha value is -0.870. The molecule has 4 heteroatoms. The highest BCUT2D eigenvalue weighted by Gasteiger charge is 2.01. The molecule has 1 N–H and O–H groups in total. The maximum atomic E-state index is 11.1. The van der Waals surface area contributed by atoms with Crippen LogP contribution in [0.25, 0.3) is 0 Å². The van der Waals surface area contributed by atoms with Crippen molar-refractivity contribution in [2.24, 2.45) is 0 Å². The third-order valence-electron chi connectivity index (χ3n) is 1.60. The summed E-state index contributed by atoms with van der Waals surface area (Å²) in [5.74, 6) is -0.185. The molecule has 0 heterocycles. The zero-order chi connectivity index (χ0) is 11.5. The maximum absolute atomic E-state index is 11.1. The van der Waals surface area contributed by atoms with E-state index in [4.69, 9.17) is 9.47 Å². The minimum absolute atomic E-state index is 0.185. The maximum Gasteiger partial charge on any atom is 0.307 e. The Bertz CT molecular complexity index is 192. The molecular weight excluding hydrogens is 194 g/mol. The molecule has 0 aliphatic carbocycles. The minimum atomic E-state index is -0.185. The molecule has 0 atom stereocenters. The number of ether oxygens (including phenoxy) is 2. The van der Waals surface area contributed by atoms with E-state index >= 15 is 0 Å². The molecule has 15 heavy (non-hydrogen) atoms. The van der Waals surface area contributed by atoms with Crippen LogP contribution in [0.15, 0.2) is 12.2 Å². The summed E-state index contributed by atoms with van der Waals surface area (Å²) in [4.78, 5) is 11.1. The van der Waals surface area contributed by atoms with Gasteiger partial charge in [-0.15, -0.1) is 0 Å². The van der Waals surface area contributed by atoms with Gasteiger partial charge in [-0.25, -0.2) is 0 Å². The lowest BCUT2D eigenvalue weighted by molar-refractivity contribution is -0.144. The first kappa shape index (κ1) is 14.1. The van der Waals surface area contributed by atoms with E-state index in [1.54, 1.807) is 0 Å². The van der Waals surface area contributed by atoms with Crippen molar-refractivity contribution in [3.05, 3.63) is 12.2 Å². The Morgan fingerprint density at radius 3 is 2.73 bits per heavy atom. The largest absolute Gasteiger partial charge is 0.463 e. The van der Waals surface area contributed by atoms with E-state index in [0.717, 1.165) is 12.1 Å². The van der Waals surface area contributed by atoms with Crippen LogP contribution in [0.3, 0.4) is 0 Å². The Balaban J connectivity index is 3.20. The predicted molar refractivity (Wildman–Crippen MR) is 59.8 cm³/mol. The van der Waals surface area contributed by atoms with Gasteiger partial charge < -0.3 is 14.8 Å². The molecule has 0 aliphatic rings. The van der Waals surface area contributed by atoms with Gasteiger partial charge in [0.2, 0.25) is 0 Å². The summed E-state index contributed by atoms with van der Waals surface area (Å²) in [6.45, 7) is 10.4. The zero-order valence-corrected chi connectivity index (χ0v) is 9.67. The highest BCUT2D eigenvalue weighted by Crippen LogP contribution is 1.89. The van der Waals surface area contributed by atoms with Gasteiger partial charge in [-0.1, -0.05) is 19.1 Å². The molecule has 0 fully saturated rings. The minimum Gasteiger partial charge on any atom is -0.463 e. The number of rotatable bonds is 9. The first-order valence-corrected chi connectivity index (χ1v) is 5.25. The lowest BCUT2D eigenvalue weighted by Gasteiger charge is -2.06.